The van der Waals surface area contributed by atoms with Gasteiger partial charge in [0.15, 0.2) is 18.4 Å². The molecule has 0 bridgehead atoms. The lowest BCUT2D eigenvalue weighted by molar-refractivity contribution is -0.145. The highest BCUT2D eigenvalue weighted by Crippen LogP contribution is 2.31. The van der Waals surface area contributed by atoms with Crippen LogP contribution < -0.4 is 0 Å². The molecule has 2 atom stereocenters. The fourth-order valence-electron chi connectivity index (χ4n) is 1.66. The molecule has 0 spiro atoms. The Morgan fingerprint density at radius 1 is 1.00 bits per heavy atom. The minimum atomic E-state index is -0.680. The number of carbonyl (C=O) groups excluding carboxylic acids is 2. The molecule has 0 amide bonds. The summed E-state index contributed by atoms with van der Waals surface area (Å²) in [5.41, 5.74) is 0. The lowest BCUT2D eigenvalue weighted by Crippen LogP contribution is -2.21. The molecule has 0 aliphatic carbocycles. The van der Waals surface area contributed by atoms with Crippen molar-refractivity contribution >= 4 is 12.6 Å². The lowest BCUT2D eigenvalue weighted by atomic mass is 10.1. The summed E-state index contributed by atoms with van der Waals surface area (Å²) >= 11 is 0. The Kier molecular flexibility index (Phi) is 4.90. The van der Waals surface area contributed by atoms with E-state index in [-0.39, 0.29) is 12.2 Å². The zero-order valence-corrected chi connectivity index (χ0v) is 9.86. The van der Waals surface area contributed by atoms with Gasteiger partial charge in [0.25, 0.3) is 0 Å². The smallest absolute Gasteiger partial charge is 0.192 e. The van der Waals surface area contributed by atoms with Crippen molar-refractivity contribution in [2.75, 3.05) is 0 Å². The first kappa shape index (κ1) is 13.4. The van der Waals surface area contributed by atoms with Crippen LogP contribution in [0.3, 0.4) is 0 Å². The van der Waals surface area contributed by atoms with Crippen LogP contribution in [0.1, 0.15) is 26.7 Å². The van der Waals surface area contributed by atoms with E-state index < -0.39 is 5.79 Å². The second kappa shape index (κ2) is 6.20. The number of hydrogen-bond acceptors (Lipinski definition) is 4. The van der Waals surface area contributed by atoms with Crippen molar-refractivity contribution in [1.29, 1.82) is 0 Å². The summed E-state index contributed by atoms with van der Waals surface area (Å²) in [7, 11) is 0. The second-order valence-electron chi connectivity index (χ2n) is 4.00. The molecule has 0 unspecified atom stereocenters. The van der Waals surface area contributed by atoms with E-state index in [1.54, 1.807) is 13.8 Å². The molecule has 90 valence electrons. The molecule has 1 heterocycles. The molecule has 0 aromatic heterocycles. The fraction of sp³-hybridized carbons (Fsp3) is 0.538. The Labute approximate surface area is 101 Å². The summed E-state index contributed by atoms with van der Waals surface area (Å²) in [6.07, 6.45) is 1.46. The lowest BCUT2D eigenvalue weighted by Gasteiger charge is -2.16. The van der Waals surface area contributed by atoms with Crippen molar-refractivity contribution < 1.29 is 19.1 Å². The van der Waals surface area contributed by atoms with E-state index in [1.807, 2.05) is 0 Å². The van der Waals surface area contributed by atoms with Crippen molar-refractivity contribution in [3.63, 3.8) is 0 Å². The standard InChI is InChI=1S/C13H14O4/c1-13(2)16-11(7-3-5-9-14)12(17-13)8-4-6-10-15/h9-12H,7-8H2,1-2H3/t11-,12-/m0/s1. The average Bonchev–Trinajstić information content (AvgIpc) is 2.54. The number of rotatable bonds is 2. The van der Waals surface area contributed by atoms with Gasteiger partial charge in [-0.3, -0.25) is 9.59 Å². The first-order valence-electron chi connectivity index (χ1n) is 5.29. The van der Waals surface area contributed by atoms with Gasteiger partial charge in [-0.2, -0.15) is 0 Å². The van der Waals surface area contributed by atoms with Crippen LogP contribution in [0.15, 0.2) is 0 Å². The van der Waals surface area contributed by atoms with Crippen LogP contribution in [0, 0.1) is 23.7 Å². The van der Waals surface area contributed by atoms with Crippen LogP contribution in [0.25, 0.3) is 0 Å². The van der Waals surface area contributed by atoms with E-state index in [2.05, 4.69) is 23.7 Å². The highest BCUT2D eigenvalue weighted by Gasteiger charge is 2.40. The van der Waals surface area contributed by atoms with Gasteiger partial charge >= 0.3 is 0 Å². The van der Waals surface area contributed by atoms with E-state index in [0.29, 0.717) is 25.4 Å². The van der Waals surface area contributed by atoms with E-state index >= 15 is 0 Å². The molecule has 0 saturated carbocycles. The molecule has 0 aromatic carbocycles. The van der Waals surface area contributed by atoms with Gasteiger partial charge in [-0.25, -0.2) is 0 Å². The normalized spacial score (nSPS) is 25.1. The van der Waals surface area contributed by atoms with Crippen LogP contribution in [0.2, 0.25) is 0 Å². The summed E-state index contributed by atoms with van der Waals surface area (Å²) in [6.45, 7) is 3.61. The molecule has 4 nitrogen and oxygen atoms in total. The third-order valence-corrected chi connectivity index (χ3v) is 2.21. The maximum atomic E-state index is 10.1. The molecule has 1 fully saturated rings. The van der Waals surface area contributed by atoms with Gasteiger partial charge in [0, 0.05) is 12.8 Å². The molecule has 17 heavy (non-hydrogen) atoms. The topological polar surface area (TPSA) is 52.6 Å². The number of hydrogen-bond donors (Lipinski definition) is 0. The first-order chi connectivity index (χ1) is 8.09. The molecule has 4 heteroatoms. The fourth-order valence-corrected chi connectivity index (χ4v) is 1.66. The summed E-state index contributed by atoms with van der Waals surface area (Å²) in [5, 5.41) is 0. The maximum absolute atomic E-state index is 10.1. The minimum Gasteiger partial charge on any atom is -0.344 e. The van der Waals surface area contributed by atoms with Crippen molar-refractivity contribution in [3.05, 3.63) is 0 Å². The summed E-state index contributed by atoms with van der Waals surface area (Å²) in [4.78, 5) is 20.2. The van der Waals surface area contributed by atoms with E-state index in [4.69, 9.17) is 9.47 Å². The van der Waals surface area contributed by atoms with Crippen molar-refractivity contribution in [3.8, 4) is 23.7 Å². The molecule has 0 N–H and O–H groups in total. The van der Waals surface area contributed by atoms with E-state index in [1.165, 1.54) is 0 Å². The van der Waals surface area contributed by atoms with Gasteiger partial charge in [0.05, 0.1) is 12.2 Å². The van der Waals surface area contributed by atoms with Gasteiger partial charge in [-0.1, -0.05) is 11.8 Å². The number of ether oxygens (including phenoxy) is 2. The Hall–Kier alpha value is -1.62. The Morgan fingerprint density at radius 3 is 1.76 bits per heavy atom. The largest absolute Gasteiger partial charge is 0.344 e. The van der Waals surface area contributed by atoms with Crippen LogP contribution in [0.5, 0.6) is 0 Å². The SMILES string of the molecule is CC1(C)O[C@@H](CC#CC=O)[C@H](CC#CC=O)O1. The third-order valence-electron chi connectivity index (χ3n) is 2.21. The Balaban J connectivity index is 2.63. The molecular weight excluding hydrogens is 220 g/mol. The predicted octanol–water partition coefficient (Wildman–Crippen LogP) is 0.691. The van der Waals surface area contributed by atoms with Gasteiger partial charge in [0.1, 0.15) is 0 Å². The molecule has 0 aromatic rings. The molecule has 1 rings (SSSR count). The van der Waals surface area contributed by atoms with E-state index in [0.717, 1.165) is 0 Å². The monoisotopic (exact) mass is 234 g/mol. The van der Waals surface area contributed by atoms with Crippen molar-refractivity contribution in [2.24, 2.45) is 0 Å². The molecule has 1 saturated heterocycles. The predicted molar refractivity (Wildman–Crippen MR) is 60.7 cm³/mol. The summed E-state index contributed by atoms with van der Waals surface area (Å²) in [6, 6.07) is 0. The molecular formula is C13H14O4. The number of carbonyl (C=O) groups is 2. The highest BCUT2D eigenvalue weighted by atomic mass is 16.7. The number of aldehydes is 2. The molecule has 1 aliphatic rings. The van der Waals surface area contributed by atoms with Crippen LogP contribution in [-0.2, 0) is 19.1 Å². The average molecular weight is 234 g/mol. The zero-order valence-electron chi connectivity index (χ0n) is 9.86. The molecule has 1 aliphatic heterocycles. The Morgan fingerprint density at radius 2 is 1.41 bits per heavy atom. The van der Waals surface area contributed by atoms with Crippen LogP contribution in [0.4, 0.5) is 0 Å². The minimum absolute atomic E-state index is 0.224. The van der Waals surface area contributed by atoms with Crippen LogP contribution >= 0.6 is 0 Å². The summed E-state index contributed by atoms with van der Waals surface area (Å²) in [5.74, 6) is 9.37. The quantitative estimate of drug-likeness (QED) is 0.521. The van der Waals surface area contributed by atoms with Crippen molar-refractivity contribution in [1.82, 2.24) is 0 Å². The van der Waals surface area contributed by atoms with Gasteiger partial charge < -0.3 is 9.47 Å². The van der Waals surface area contributed by atoms with E-state index in [9.17, 15) is 9.59 Å². The Bertz CT molecular complexity index is 365. The van der Waals surface area contributed by atoms with Crippen molar-refractivity contribution in [2.45, 2.75) is 44.7 Å². The summed E-state index contributed by atoms with van der Waals surface area (Å²) < 4.78 is 11.3. The maximum Gasteiger partial charge on any atom is 0.192 e. The third kappa shape index (κ3) is 4.40. The molecule has 0 radical (unpaired) electrons. The van der Waals surface area contributed by atoms with Gasteiger partial charge in [0.2, 0.25) is 0 Å². The second-order valence-corrected chi connectivity index (χ2v) is 4.00. The van der Waals surface area contributed by atoms with Gasteiger partial charge in [-0.15, -0.1) is 0 Å². The zero-order chi connectivity index (χ0) is 12.7. The highest BCUT2D eigenvalue weighted by molar-refractivity contribution is 5.72. The van der Waals surface area contributed by atoms with Crippen LogP contribution in [-0.4, -0.2) is 30.6 Å². The van der Waals surface area contributed by atoms with Gasteiger partial charge in [-0.05, 0) is 25.7 Å². The first-order valence-corrected chi connectivity index (χ1v) is 5.29.